The fourth-order valence-electron chi connectivity index (χ4n) is 2.19. The second-order valence-electron chi connectivity index (χ2n) is 5.80. The Balaban J connectivity index is 1.77. The van der Waals surface area contributed by atoms with Crippen LogP contribution in [0.5, 0.6) is 5.75 Å². The minimum absolute atomic E-state index is 0.00483. The molecule has 0 atom stereocenters. The minimum Gasteiger partial charge on any atom is -0.483 e. The molecule has 0 heterocycles. The first-order valence-corrected chi connectivity index (χ1v) is 8.55. The number of hydrogen-bond acceptors (Lipinski definition) is 4. The van der Waals surface area contributed by atoms with Gasteiger partial charge in [-0.15, -0.1) is 0 Å². The fourth-order valence-corrected chi connectivity index (χ4v) is 2.33. The first-order valence-electron chi connectivity index (χ1n) is 8.14. The van der Waals surface area contributed by atoms with E-state index in [-0.39, 0.29) is 23.5 Å². The van der Waals surface area contributed by atoms with Crippen LogP contribution >= 0.6 is 12.2 Å². The summed E-state index contributed by atoms with van der Waals surface area (Å²) in [6.45, 7) is 3.93. The SMILES string of the molecule is CC(C)c1ccccc1OCC(=O)NNC(=S)NC(=O)c1ccccc1. The van der Waals surface area contributed by atoms with E-state index in [0.29, 0.717) is 11.3 Å². The van der Waals surface area contributed by atoms with Crippen molar-refractivity contribution in [3.8, 4) is 5.75 Å². The Morgan fingerprint density at radius 3 is 2.35 bits per heavy atom. The predicted octanol–water partition coefficient (Wildman–Crippen LogP) is 2.52. The van der Waals surface area contributed by atoms with Gasteiger partial charge in [-0.2, -0.15) is 0 Å². The fraction of sp³-hybridized carbons (Fsp3) is 0.211. The summed E-state index contributed by atoms with van der Waals surface area (Å²) < 4.78 is 5.56. The van der Waals surface area contributed by atoms with E-state index in [9.17, 15) is 9.59 Å². The first-order chi connectivity index (χ1) is 12.5. The average molecular weight is 371 g/mol. The predicted molar refractivity (Wildman–Crippen MR) is 104 cm³/mol. The Bertz CT molecular complexity index is 779. The molecule has 0 saturated carbocycles. The van der Waals surface area contributed by atoms with Crippen molar-refractivity contribution in [2.75, 3.05) is 6.61 Å². The Morgan fingerprint density at radius 2 is 1.65 bits per heavy atom. The van der Waals surface area contributed by atoms with Gasteiger partial charge in [-0.1, -0.05) is 50.2 Å². The van der Waals surface area contributed by atoms with Crippen LogP contribution in [0.1, 0.15) is 35.7 Å². The standard InChI is InChI=1S/C19H21N3O3S/c1-13(2)15-10-6-7-11-16(15)25-12-17(23)21-22-19(26)20-18(24)14-8-4-3-5-9-14/h3-11,13H,12H2,1-2H3,(H,21,23)(H2,20,22,24,26). The van der Waals surface area contributed by atoms with Gasteiger partial charge in [0.05, 0.1) is 0 Å². The molecule has 136 valence electrons. The smallest absolute Gasteiger partial charge is 0.276 e. The molecule has 2 aromatic carbocycles. The summed E-state index contributed by atoms with van der Waals surface area (Å²) in [5.74, 6) is 0.171. The molecule has 2 aromatic rings. The van der Waals surface area contributed by atoms with Gasteiger partial charge >= 0.3 is 0 Å². The van der Waals surface area contributed by atoms with Crippen molar-refractivity contribution in [1.29, 1.82) is 0 Å². The second-order valence-corrected chi connectivity index (χ2v) is 6.21. The highest BCUT2D eigenvalue weighted by molar-refractivity contribution is 7.80. The van der Waals surface area contributed by atoms with Gasteiger partial charge in [0.1, 0.15) is 5.75 Å². The van der Waals surface area contributed by atoms with Crippen LogP contribution in [0.3, 0.4) is 0 Å². The number of rotatable bonds is 5. The molecule has 0 aliphatic rings. The number of para-hydroxylation sites is 1. The van der Waals surface area contributed by atoms with Crippen molar-refractivity contribution in [2.45, 2.75) is 19.8 Å². The number of carbonyl (C=O) groups excluding carboxylic acids is 2. The molecule has 0 bridgehead atoms. The van der Waals surface area contributed by atoms with Crippen LogP contribution < -0.4 is 20.9 Å². The van der Waals surface area contributed by atoms with Crippen LogP contribution in [0.4, 0.5) is 0 Å². The molecule has 26 heavy (non-hydrogen) atoms. The molecule has 3 N–H and O–H groups in total. The van der Waals surface area contributed by atoms with Crippen molar-refractivity contribution in [3.05, 3.63) is 65.7 Å². The van der Waals surface area contributed by atoms with Crippen molar-refractivity contribution >= 4 is 29.1 Å². The van der Waals surface area contributed by atoms with E-state index >= 15 is 0 Å². The molecule has 2 rings (SSSR count). The van der Waals surface area contributed by atoms with Gasteiger partial charge < -0.3 is 4.74 Å². The van der Waals surface area contributed by atoms with Crippen LogP contribution in [0, 0.1) is 0 Å². The van der Waals surface area contributed by atoms with Gasteiger partial charge in [-0.3, -0.25) is 25.8 Å². The number of hydrogen-bond donors (Lipinski definition) is 3. The zero-order valence-electron chi connectivity index (χ0n) is 14.6. The molecular formula is C19H21N3O3S. The second kappa shape index (κ2) is 9.53. The number of carbonyl (C=O) groups is 2. The van der Waals surface area contributed by atoms with Gasteiger partial charge in [0, 0.05) is 5.56 Å². The highest BCUT2D eigenvalue weighted by atomic mass is 32.1. The molecule has 0 fully saturated rings. The lowest BCUT2D eigenvalue weighted by atomic mass is 10.0. The number of benzene rings is 2. The Hall–Kier alpha value is -2.93. The maximum Gasteiger partial charge on any atom is 0.276 e. The number of ether oxygens (including phenoxy) is 1. The molecule has 0 aliphatic carbocycles. The van der Waals surface area contributed by atoms with E-state index in [1.54, 1.807) is 24.3 Å². The van der Waals surface area contributed by atoms with Crippen molar-refractivity contribution in [3.63, 3.8) is 0 Å². The molecule has 0 spiro atoms. The van der Waals surface area contributed by atoms with E-state index in [1.807, 2.05) is 30.3 Å². The summed E-state index contributed by atoms with van der Waals surface area (Å²) in [6, 6.07) is 16.2. The summed E-state index contributed by atoms with van der Waals surface area (Å²) >= 11 is 4.98. The quantitative estimate of drug-likeness (QED) is 0.556. The number of hydrazine groups is 1. The summed E-state index contributed by atoms with van der Waals surface area (Å²) in [7, 11) is 0. The van der Waals surface area contributed by atoms with Gasteiger partial charge in [0.25, 0.3) is 11.8 Å². The van der Waals surface area contributed by atoms with Crippen molar-refractivity contribution < 1.29 is 14.3 Å². The van der Waals surface area contributed by atoms with E-state index in [0.717, 1.165) is 5.56 Å². The maximum absolute atomic E-state index is 11.9. The molecule has 0 radical (unpaired) electrons. The summed E-state index contributed by atoms with van der Waals surface area (Å²) in [6.07, 6.45) is 0. The average Bonchev–Trinajstić information content (AvgIpc) is 2.65. The van der Waals surface area contributed by atoms with Crippen molar-refractivity contribution in [1.82, 2.24) is 16.2 Å². The van der Waals surface area contributed by atoms with E-state index in [4.69, 9.17) is 17.0 Å². The van der Waals surface area contributed by atoms with Crippen molar-refractivity contribution in [2.24, 2.45) is 0 Å². The molecule has 0 aromatic heterocycles. The highest BCUT2D eigenvalue weighted by Gasteiger charge is 2.10. The third kappa shape index (κ3) is 5.86. The molecular weight excluding hydrogens is 350 g/mol. The highest BCUT2D eigenvalue weighted by Crippen LogP contribution is 2.25. The van der Waals surface area contributed by atoms with Crippen LogP contribution in [-0.2, 0) is 4.79 Å². The van der Waals surface area contributed by atoms with Crippen LogP contribution in [0.2, 0.25) is 0 Å². The van der Waals surface area contributed by atoms with Crippen LogP contribution in [0.25, 0.3) is 0 Å². The first kappa shape index (κ1) is 19.4. The van der Waals surface area contributed by atoms with Gasteiger partial charge in [-0.25, -0.2) is 0 Å². The molecule has 0 unspecified atom stereocenters. The summed E-state index contributed by atoms with van der Waals surface area (Å²) in [5, 5.41) is 2.47. The van der Waals surface area contributed by atoms with Gasteiger partial charge in [0.2, 0.25) is 0 Å². The lowest BCUT2D eigenvalue weighted by Crippen LogP contribution is -2.49. The maximum atomic E-state index is 11.9. The van der Waals surface area contributed by atoms with Crippen LogP contribution in [0.15, 0.2) is 54.6 Å². The van der Waals surface area contributed by atoms with Crippen LogP contribution in [-0.4, -0.2) is 23.5 Å². The Kier molecular flexibility index (Phi) is 7.11. The van der Waals surface area contributed by atoms with E-state index in [2.05, 4.69) is 30.0 Å². The molecule has 7 heteroatoms. The lowest BCUT2D eigenvalue weighted by molar-refractivity contribution is -0.123. The monoisotopic (exact) mass is 371 g/mol. The molecule has 0 aliphatic heterocycles. The molecule has 6 nitrogen and oxygen atoms in total. The van der Waals surface area contributed by atoms with E-state index < -0.39 is 5.91 Å². The van der Waals surface area contributed by atoms with E-state index in [1.165, 1.54) is 0 Å². The molecule has 0 saturated heterocycles. The number of amides is 2. The number of thiocarbonyl (C=S) groups is 1. The number of nitrogens with one attached hydrogen (secondary N) is 3. The molecule has 2 amide bonds. The minimum atomic E-state index is -0.417. The topological polar surface area (TPSA) is 79.5 Å². The van der Waals surface area contributed by atoms with Gasteiger partial charge in [0.15, 0.2) is 11.7 Å². The normalized spacial score (nSPS) is 10.1. The Morgan fingerprint density at radius 1 is 1.00 bits per heavy atom. The van der Waals surface area contributed by atoms with Gasteiger partial charge in [-0.05, 0) is 41.9 Å². The Labute approximate surface area is 157 Å². The third-order valence-corrected chi connectivity index (χ3v) is 3.68. The third-order valence-electron chi connectivity index (χ3n) is 3.48. The zero-order chi connectivity index (χ0) is 18.9. The largest absolute Gasteiger partial charge is 0.483 e. The summed E-state index contributed by atoms with van der Waals surface area (Å²) in [5.41, 5.74) is 6.36. The summed E-state index contributed by atoms with van der Waals surface area (Å²) in [4.78, 5) is 23.8. The zero-order valence-corrected chi connectivity index (χ0v) is 15.4. The lowest BCUT2D eigenvalue weighted by Gasteiger charge is -2.14.